The Morgan fingerprint density at radius 1 is 1.92 bits per heavy atom. The molecule has 0 aromatic rings. The Labute approximate surface area is 84.4 Å². The van der Waals surface area contributed by atoms with Crippen molar-refractivity contribution < 1.29 is 18.4 Å². The molecule has 0 fully saturated rings. The molecular formula is C5H8BFIO3P. The molecule has 0 N–H and O–H groups in total. The van der Waals surface area contributed by atoms with Gasteiger partial charge in [0, 0.05) is 6.08 Å². The second-order valence-corrected chi connectivity index (χ2v) is 6.97. The Hall–Kier alpha value is 0.615. The topological polar surface area (TPSA) is 35.5 Å². The third-order valence-electron chi connectivity index (χ3n) is 1.38. The summed E-state index contributed by atoms with van der Waals surface area (Å²) in [5.41, 5.74) is -1.69. The van der Waals surface area contributed by atoms with E-state index in [0.717, 1.165) is 0 Å². The molecule has 0 aromatic heterocycles. The Kier molecular flexibility index (Phi) is 4.22. The van der Waals surface area contributed by atoms with E-state index in [1.165, 1.54) is 6.08 Å². The minimum atomic E-state index is -1.69. The van der Waals surface area contributed by atoms with Crippen LogP contribution in [0, 0.1) is 0 Å². The highest BCUT2D eigenvalue weighted by molar-refractivity contribution is 14.2. The van der Waals surface area contributed by atoms with Crippen LogP contribution >= 0.6 is 27.5 Å². The molecule has 0 aliphatic carbocycles. The largest absolute Gasteiger partial charge is 0.348 e. The summed E-state index contributed by atoms with van der Waals surface area (Å²) in [5.74, 6) is -0.326. The van der Waals surface area contributed by atoms with E-state index >= 15 is 0 Å². The van der Waals surface area contributed by atoms with Crippen LogP contribution < -0.4 is 0 Å². The summed E-state index contributed by atoms with van der Waals surface area (Å²) in [6.07, 6.45) is 0.724. The van der Waals surface area contributed by atoms with Crippen molar-refractivity contribution in [3.63, 3.8) is 0 Å². The molecule has 0 saturated carbocycles. The zero-order chi connectivity index (χ0) is 9.14. The van der Waals surface area contributed by atoms with Crippen molar-refractivity contribution in [2.45, 2.75) is 12.3 Å². The second-order valence-electron chi connectivity index (χ2n) is 2.36. The number of halogens is 2. The standard InChI is InChI=1S/C5H8BFIO3P/c6-5-3(7)1-4(11-5)10-2-12(8)9/h1,4-5,12H,2,6H2/t4-,5+/m0/s1. The van der Waals surface area contributed by atoms with Crippen molar-refractivity contribution in [1.29, 1.82) is 0 Å². The Morgan fingerprint density at radius 3 is 3.00 bits per heavy atom. The molecule has 0 bridgehead atoms. The third kappa shape index (κ3) is 3.16. The average molecular weight is 304 g/mol. The molecule has 0 amide bonds. The van der Waals surface area contributed by atoms with Gasteiger partial charge in [-0.15, -0.1) is 0 Å². The normalized spacial score (nSPS) is 31.7. The maximum absolute atomic E-state index is 12.7. The summed E-state index contributed by atoms with van der Waals surface area (Å²) in [6, 6.07) is -0.536. The van der Waals surface area contributed by atoms with Crippen LogP contribution in [0.2, 0.25) is 0 Å². The molecule has 1 rings (SSSR count). The van der Waals surface area contributed by atoms with E-state index in [-0.39, 0.29) is 12.2 Å². The summed E-state index contributed by atoms with van der Waals surface area (Å²) in [6.45, 7) is 0. The molecule has 0 saturated heterocycles. The van der Waals surface area contributed by atoms with Gasteiger partial charge in [-0.1, -0.05) is 0 Å². The van der Waals surface area contributed by atoms with Crippen molar-refractivity contribution in [2.24, 2.45) is 0 Å². The first-order valence-electron chi connectivity index (χ1n) is 3.42. The summed E-state index contributed by atoms with van der Waals surface area (Å²) < 4.78 is 33.3. The van der Waals surface area contributed by atoms with Gasteiger partial charge in [-0.2, -0.15) is 0 Å². The first-order valence-corrected chi connectivity index (χ1v) is 8.15. The van der Waals surface area contributed by atoms with Crippen LogP contribution in [-0.4, -0.2) is 26.5 Å². The SMILES string of the molecule is B[C@@H]1O[C@H](OC[PH](=O)I)C=C1F. The minimum Gasteiger partial charge on any atom is -0.348 e. The molecule has 1 aliphatic heterocycles. The van der Waals surface area contributed by atoms with Gasteiger partial charge in [-0.3, -0.25) is 0 Å². The number of hydrogen-bond donors (Lipinski definition) is 0. The lowest BCUT2D eigenvalue weighted by Crippen LogP contribution is -2.15. The van der Waals surface area contributed by atoms with Gasteiger partial charge >= 0.3 is 0 Å². The molecule has 1 aliphatic rings. The Morgan fingerprint density at radius 2 is 2.58 bits per heavy atom. The molecule has 12 heavy (non-hydrogen) atoms. The molecule has 1 unspecified atom stereocenters. The molecule has 3 nitrogen and oxygen atoms in total. The van der Waals surface area contributed by atoms with Crippen LogP contribution in [0.1, 0.15) is 0 Å². The fourth-order valence-electron chi connectivity index (χ4n) is 0.806. The predicted molar refractivity (Wildman–Crippen MR) is 55.4 cm³/mol. The fourth-order valence-corrected chi connectivity index (χ4v) is 1.64. The highest BCUT2D eigenvalue weighted by atomic mass is 127. The van der Waals surface area contributed by atoms with Gasteiger partial charge in [-0.25, -0.2) is 4.39 Å². The molecule has 0 radical (unpaired) electrons. The number of rotatable bonds is 3. The first kappa shape index (κ1) is 10.7. The zero-order valence-corrected chi connectivity index (χ0v) is 9.58. The van der Waals surface area contributed by atoms with E-state index in [0.29, 0.717) is 0 Å². The highest BCUT2D eigenvalue weighted by Crippen LogP contribution is 2.32. The number of hydrogen-bond acceptors (Lipinski definition) is 3. The fraction of sp³-hybridized carbons (Fsp3) is 0.600. The molecular weight excluding hydrogens is 296 g/mol. The van der Waals surface area contributed by atoms with Crippen molar-refractivity contribution in [1.82, 2.24) is 0 Å². The minimum absolute atomic E-state index is 0.131. The van der Waals surface area contributed by atoms with Crippen LogP contribution in [0.3, 0.4) is 0 Å². The Balaban J connectivity index is 2.33. The van der Waals surface area contributed by atoms with Crippen LogP contribution in [0.25, 0.3) is 0 Å². The maximum Gasteiger partial charge on any atom is 0.180 e. The van der Waals surface area contributed by atoms with E-state index in [1.54, 1.807) is 29.9 Å². The van der Waals surface area contributed by atoms with Gasteiger partial charge in [0.2, 0.25) is 0 Å². The van der Waals surface area contributed by atoms with Gasteiger partial charge in [-0.05, 0) is 22.0 Å². The first-order chi connectivity index (χ1) is 5.59. The lowest BCUT2D eigenvalue weighted by atomic mass is 10.0. The predicted octanol–water partition coefficient (Wildman–Crippen LogP) is 1.04. The van der Waals surface area contributed by atoms with Crippen molar-refractivity contribution >= 4 is 35.3 Å². The highest BCUT2D eigenvalue weighted by Gasteiger charge is 2.23. The van der Waals surface area contributed by atoms with E-state index in [9.17, 15) is 8.96 Å². The molecule has 0 aromatic carbocycles. The van der Waals surface area contributed by atoms with E-state index in [4.69, 9.17) is 9.47 Å². The summed E-state index contributed by atoms with van der Waals surface area (Å²) in [7, 11) is 1.60. The summed E-state index contributed by atoms with van der Waals surface area (Å²) >= 11 is 1.79. The average Bonchev–Trinajstić information content (AvgIpc) is 2.28. The van der Waals surface area contributed by atoms with Crippen LogP contribution in [0.4, 0.5) is 4.39 Å². The molecule has 3 atom stereocenters. The van der Waals surface area contributed by atoms with Crippen LogP contribution in [-0.2, 0) is 14.0 Å². The number of ether oxygens (including phenoxy) is 2. The van der Waals surface area contributed by atoms with E-state index in [1.807, 2.05) is 0 Å². The van der Waals surface area contributed by atoms with Gasteiger partial charge < -0.3 is 14.0 Å². The van der Waals surface area contributed by atoms with E-state index in [2.05, 4.69) is 0 Å². The smallest absolute Gasteiger partial charge is 0.180 e. The molecule has 68 valence electrons. The second kappa shape index (κ2) is 4.74. The van der Waals surface area contributed by atoms with Crippen LogP contribution in [0.5, 0.6) is 0 Å². The maximum atomic E-state index is 12.7. The third-order valence-corrected chi connectivity index (χ3v) is 2.71. The van der Waals surface area contributed by atoms with Gasteiger partial charge in [0.25, 0.3) is 0 Å². The quantitative estimate of drug-likeness (QED) is 0.444. The lowest BCUT2D eigenvalue weighted by molar-refractivity contribution is -0.0878. The summed E-state index contributed by atoms with van der Waals surface area (Å²) in [5, 5.41) is 0. The zero-order valence-electron chi connectivity index (χ0n) is 6.42. The molecule has 1 heterocycles. The summed E-state index contributed by atoms with van der Waals surface area (Å²) in [4.78, 5) is 0. The lowest BCUT2D eigenvalue weighted by Gasteiger charge is -2.10. The van der Waals surface area contributed by atoms with Crippen molar-refractivity contribution in [2.75, 3.05) is 6.35 Å². The van der Waals surface area contributed by atoms with E-state index < -0.39 is 17.7 Å². The Bertz CT molecular complexity index is 225. The monoisotopic (exact) mass is 304 g/mol. The molecule has 7 heteroatoms. The molecule has 0 spiro atoms. The van der Waals surface area contributed by atoms with Crippen molar-refractivity contribution in [3.05, 3.63) is 11.9 Å². The van der Waals surface area contributed by atoms with Gasteiger partial charge in [0.05, 0.1) is 6.00 Å². The van der Waals surface area contributed by atoms with Gasteiger partial charge in [0.15, 0.2) is 11.7 Å². The van der Waals surface area contributed by atoms with Crippen LogP contribution in [0.15, 0.2) is 11.9 Å². The van der Waals surface area contributed by atoms with Gasteiger partial charge in [0.1, 0.15) is 20.0 Å². The van der Waals surface area contributed by atoms with Crippen molar-refractivity contribution in [3.8, 4) is 0 Å².